The lowest BCUT2D eigenvalue weighted by atomic mass is 9.99. The summed E-state index contributed by atoms with van der Waals surface area (Å²) in [5.41, 5.74) is 8.06. The van der Waals surface area contributed by atoms with Gasteiger partial charge in [-0.3, -0.25) is 4.79 Å². The van der Waals surface area contributed by atoms with E-state index < -0.39 is 0 Å². The van der Waals surface area contributed by atoms with E-state index in [0.717, 1.165) is 5.56 Å². The van der Waals surface area contributed by atoms with Crippen molar-refractivity contribution in [3.8, 4) is 0 Å². The molecule has 2 nitrogen and oxygen atoms in total. The Bertz CT molecular complexity index is 640. The van der Waals surface area contributed by atoms with Crippen molar-refractivity contribution < 1.29 is 9.18 Å². The summed E-state index contributed by atoms with van der Waals surface area (Å²) in [4.78, 5) is 12.1. The third kappa shape index (κ3) is 3.12. The Hall–Kier alpha value is -1.87. The lowest BCUT2D eigenvalue weighted by molar-refractivity contribution is 0.0993. The number of Topliss-reactive ketones (excluding diaryl/α,β-unsaturated/α-hetero) is 1. The molecule has 19 heavy (non-hydrogen) atoms. The molecule has 0 radical (unpaired) electrons. The van der Waals surface area contributed by atoms with Crippen LogP contribution in [-0.4, -0.2) is 5.78 Å². The monoisotopic (exact) mass is 277 g/mol. The van der Waals surface area contributed by atoms with E-state index >= 15 is 0 Å². The van der Waals surface area contributed by atoms with Gasteiger partial charge < -0.3 is 5.73 Å². The number of carbonyl (C=O) groups excluding carboxylic acids is 1. The third-order valence-electron chi connectivity index (χ3n) is 2.98. The topological polar surface area (TPSA) is 43.1 Å². The summed E-state index contributed by atoms with van der Waals surface area (Å²) in [6.07, 6.45) is 0.143. The van der Waals surface area contributed by atoms with E-state index in [1.165, 1.54) is 18.2 Å². The van der Waals surface area contributed by atoms with Gasteiger partial charge in [0.2, 0.25) is 0 Å². The van der Waals surface area contributed by atoms with Crippen molar-refractivity contribution in [3.05, 3.63) is 63.9 Å². The summed E-state index contributed by atoms with van der Waals surface area (Å²) in [6, 6.07) is 9.17. The zero-order valence-corrected chi connectivity index (χ0v) is 11.2. The number of nitrogen functional groups attached to an aromatic ring is 1. The maximum Gasteiger partial charge on any atom is 0.167 e. The van der Waals surface area contributed by atoms with Gasteiger partial charge in [0.15, 0.2) is 5.78 Å². The molecule has 0 saturated carbocycles. The molecule has 2 N–H and O–H groups in total. The molecule has 0 heterocycles. The van der Waals surface area contributed by atoms with Gasteiger partial charge in [-0.15, -0.1) is 0 Å². The van der Waals surface area contributed by atoms with Crippen LogP contribution in [0.1, 0.15) is 21.5 Å². The predicted octanol–water partition coefficient (Wildman–Crippen LogP) is 3.80. The minimum absolute atomic E-state index is 0.115. The van der Waals surface area contributed by atoms with Gasteiger partial charge in [-0.1, -0.05) is 17.7 Å². The molecule has 0 aliphatic rings. The van der Waals surface area contributed by atoms with Gasteiger partial charge in [0.1, 0.15) is 5.82 Å². The first-order chi connectivity index (χ1) is 8.97. The number of aryl methyl sites for hydroxylation is 1. The highest BCUT2D eigenvalue weighted by atomic mass is 35.5. The molecule has 2 aromatic carbocycles. The molecule has 0 aliphatic carbocycles. The van der Waals surface area contributed by atoms with Gasteiger partial charge in [0, 0.05) is 12.0 Å². The SMILES string of the molecule is Cc1ccc(F)cc1CC(=O)c1ccc(N)c(Cl)c1. The Kier molecular flexibility index (Phi) is 3.86. The number of hydrogen-bond acceptors (Lipinski definition) is 2. The lowest BCUT2D eigenvalue weighted by Crippen LogP contribution is -2.05. The molecular formula is C15H13ClFNO. The minimum Gasteiger partial charge on any atom is -0.398 e. The quantitative estimate of drug-likeness (QED) is 0.685. The van der Waals surface area contributed by atoms with Crippen LogP contribution >= 0.6 is 11.6 Å². The molecule has 0 atom stereocenters. The Labute approximate surface area is 116 Å². The van der Waals surface area contributed by atoms with E-state index in [1.54, 1.807) is 18.2 Å². The summed E-state index contributed by atoms with van der Waals surface area (Å²) in [6.45, 7) is 1.85. The maximum absolute atomic E-state index is 13.2. The molecule has 0 bridgehead atoms. The molecule has 2 aromatic rings. The largest absolute Gasteiger partial charge is 0.398 e. The second-order valence-electron chi connectivity index (χ2n) is 4.41. The molecule has 0 amide bonds. The van der Waals surface area contributed by atoms with E-state index in [2.05, 4.69) is 0 Å². The van der Waals surface area contributed by atoms with Crippen LogP contribution in [0.4, 0.5) is 10.1 Å². The van der Waals surface area contributed by atoms with Crippen LogP contribution in [0.3, 0.4) is 0 Å². The summed E-state index contributed by atoms with van der Waals surface area (Å²) < 4.78 is 13.2. The number of benzene rings is 2. The first-order valence-corrected chi connectivity index (χ1v) is 6.18. The highest BCUT2D eigenvalue weighted by Crippen LogP contribution is 2.21. The summed E-state index contributed by atoms with van der Waals surface area (Å²) in [7, 11) is 0. The smallest absolute Gasteiger partial charge is 0.167 e. The van der Waals surface area contributed by atoms with Crippen molar-refractivity contribution in [1.29, 1.82) is 0 Å². The minimum atomic E-state index is -0.344. The van der Waals surface area contributed by atoms with Gasteiger partial charge in [-0.2, -0.15) is 0 Å². The van der Waals surface area contributed by atoms with E-state index in [0.29, 0.717) is 21.8 Å². The van der Waals surface area contributed by atoms with Crippen LogP contribution in [0, 0.1) is 12.7 Å². The van der Waals surface area contributed by atoms with Crippen molar-refractivity contribution in [1.82, 2.24) is 0 Å². The van der Waals surface area contributed by atoms with Crippen LogP contribution in [0.25, 0.3) is 0 Å². The van der Waals surface area contributed by atoms with E-state index in [9.17, 15) is 9.18 Å². The number of hydrogen-bond donors (Lipinski definition) is 1. The van der Waals surface area contributed by atoms with Crippen molar-refractivity contribution >= 4 is 23.1 Å². The first kappa shape index (κ1) is 13.6. The molecule has 0 aliphatic heterocycles. The van der Waals surface area contributed by atoms with Crippen molar-refractivity contribution in [2.75, 3.05) is 5.73 Å². The maximum atomic E-state index is 13.2. The second-order valence-corrected chi connectivity index (χ2v) is 4.81. The molecule has 0 saturated heterocycles. The Balaban J connectivity index is 2.25. The highest BCUT2D eigenvalue weighted by molar-refractivity contribution is 6.33. The Morgan fingerprint density at radius 3 is 2.68 bits per heavy atom. The van der Waals surface area contributed by atoms with Crippen LogP contribution in [-0.2, 0) is 6.42 Å². The number of carbonyl (C=O) groups is 1. The van der Waals surface area contributed by atoms with Crippen molar-refractivity contribution in [2.24, 2.45) is 0 Å². The number of halogens is 2. The van der Waals surface area contributed by atoms with E-state index in [4.69, 9.17) is 17.3 Å². The standard InChI is InChI=1S/C15H13ClFNO/c1-9-2-4-12(17)6-11(9)8-15(19)10-3-5-14(18)13(16)7-10/h2-7H,8,18H2,1H3. The Morgan fingerprint density at radius 1 is 1.26 bits per heavy atom. The van der Waals surface area contributed by atoms with Crippen LogP contribution in [0.2, 0.25) is 5.02 Å². The lowest BCUT2D eigenvalue weighted by Gasteiger charge is -2.06. The van der Waals surface area contributed by atoms with Gasteiger partial charge in [0.05, 0.1) is 10.7 Å². The van der Waals surface area contributed by atoms with E-state index in [1.807, 2.05) is 6.92 Å². The molecule has 0 aromatic heterocycles. The molecule has 2 rings (SSSR count). The zero-order chi connectivity index (χ0) is 14.0. The fraction of sp³-hybridized carbons (Fsp3) is 0.133. The predicted molar refractivity (Wildman–Crippen MR) is 75.0 cm³/mol. The highest BCUT2D eigenvalue weighted by Gasteiger charge is 2.11. The third-order valence-corrected chi connectivity index (χ3v) is 3.31. The number of ketones is 1. The first-order valence-electron chi connectivity index (χ1n) is 5.80. The number of nitrogens with two attached hydrogens (primary N) is 1. The average Bonchev–Trinajstić information content (AvgIpc) is 2.37. The fourth-order valence-electron chi connectivity index (χ4n) is 1.81. The fourth-order valence-corrected chi connectivity index (χ4v) is 1.99. The van der Waals surface area contributed by atoms with Crippen LogP contribution < -0.4 is 5.73 Å². The van der Waals surface area contributed by atoms with Crippen molar-refractivity contribution in [2.45, 2.75) is 13.3 Å². The molecular weight excluding hydrogens is 265 g/mol. The van der Waals surface area contributed by atoms with Gasteiger partial charge in [-0.25, -0.2) is 4.39 Å². The van der Waals surface area contributed by atoms with Gasteiger partial charge in [0.25, 0.3) is 0 Å². The molecule has 98 valence electrons. The summed E-state index contributed by atoms with van der Waals surface area (Å²) in [5.74, 6) is -0.459. The number of anilines is 1. The Morgan fingerprint density at radius 2 is 2.00 bits per heavy atom. The molecule has 0 unspecified atom stereocenters. The van der Waals surface area contributed by atoms with Crippen LogP contribution in [0.15, 0.2) is 36.4 Å². The van der Waals surface area contributed by atoms with Crippen LogP contribution in [0.5, 0.6) is 0 Å². The van der Waals surface area contributed by atoms with Gasteiger partial charge in [-0.05, 0) is 48.4 Å². The number of rotatable bonds is 3. The van der Waals surface area contributed by atoms with Crippen molar-refractivity contribution in [3.63, 3.8) is 0 Å². The summed E-state index contributed by atoms with van der Waals surface area (Å²) in [5, 5.41) is 0.349. The zero-order valence-electron chi connectivity index (χ0n) is 10.4. The molecule has 4 heteroatoms. The second kappa shape index (κ2) is 5.41. The summed E-state index contributed by atoms with van der Waals surface area (Å²) >= 11 is 5.88. The van der Waals surface area contributed by atoms with Gasteiger partial charge >= 0.3 is 0 Å². The van der Waals surface area contributed by atoms with E-state index in [-0.39, 0.29) is 18.0 Å². The molecule has 0 spiro atoms. The average molecular weight is 278 g/mol. The normalized spacial score (nSPS) is 10.5. The molecule has 0 fully saturated rings.